The monoisotopic (exact) mass is 511 g/mol. The Morgan fingerprint density at radius 3 is 1.79 bits per heavy atom. The Hall–Kier alpha value is -2.42. The first-order chi connectivity index (χ1) is 14.0. The van der Waals surface area contributed by atoms with E-state index in [-0.39, 0.29) is 12.2 Å². The molecule has 0 N–H and O–H groups in total. The van der Waals surface area contributed by atoms with Crippen molar-refractivity contribution < 1.29 is 9.53 Å². The second-order valence-corrected chi connectivity index (χ2v) is 8.36. The summed E-state index contributed by atoms with van der Waals surface area (Å²) in [6.45, 7) is 1.97. The van der Waals surface area contributed by atoms with Gasteiger partial charge in [-0.3, -0.25) is 0 Å². The zero-order chi connectivity index (χ0) is 20.8. The van der Waals surface area contributed by atoms with Crippen molar-refractivity contribution in [1.82, 2.24) is 0 Å². The maximum absolute atomic E-state index is 12.5. The molecule has 146 valence electrons. The minimum Gasteiger partial charge on any atom is -0.462 e. The number of carbonyl (C=O) groups excluding carboxylic acids is 1. The molecule has 1 fully saturated rings. The van der Waals surface area contributed by atoms with Crippen molar-refractivity contribution in [1.29, 1.82) is 5.26 Å². The highest BCUT2D eigenvalue weighted by Gasteiger charge is 2.27. The fourth-order valence-electron chi connectivity index (χ4n) is 3.26. The summed E-state index contributed by atoms with van der Waals surface area (Å²) in [5.74, 6) is -0.574. The van der Waals surface area contributed by atoms with E-state index in [1.807, 2.05) is 60.7 Å². The molecule has 0 bridgehead atoms. The van der Waals surface area contributed by atoms with Gasteiger partial charge in [-0.2, -0.15) is 5.26 Å². The van der Waals surface area contributed by atoms with Gasteiger partial charge in [-0.1, -0.05) is 68.3 Å². The van der Waals surface area contributed by atoms with Crippen LogP contribution in [0.4, 0.5) is 0 Å². The molecule has 0 amide bonds. The van der Waals surface area contributed by atoms with Gasteiger partial charge in [0.2, 0.25) is 0 Å². The molecule has 0 heterocycles. The molecule has 2 aromatic rings. The third kappa shape index (κ3) is 5.35. The number of benzene rings is 2. The fraction of sp³-hybridized carbons (Fsp3) is 0.167. The first kappa shape index (κ1) is 21.3. The van der Waals surface area contributed by atoms with Crippen molar-refractivity contribution in [3.63, 3.8) is 0 Å². The highest BCUT2D eigenvalue weighted by molar-refractivity contribution is 9.10. The fourth-order valence-corrected chi connectivity index (χ4v) is 3.79. The Morgan fingerprint density at radius 1 is 0.966 bits per heavy atom. The van der Waals surface area contributed by atoms with Gasteiger partial charge < -0.3 is 4.74 Å². The Bertz CT molecular complexity index is 974. The van der Waals surface area contributed by atoms with Crippen molar-refractivity contribution in [3.05, 3.63) is 90.9 Å². The van der Waals surface area contributed by atoms with Gasteiger partial charge in [0.1, 0.15) is 11.6 Å². The first-order valence-corrected chi connectivity index (χ1v) is 10.8. The number of nitriles is 1. The molecule has 1 aliphatic carbocycles. The Kier molecular flexibility index (Phi) is 7.24. The van der Waals surface area contributed by atoms with E-state index >= 15 is 0 Å². The molecule has 0 atom stereocenters. The standard InChI is InChI=1S/C24H19Br2NO2/c1-2-29-24(28)22(15-27)23-18(13-16-3-9-20(25)10-4-16)7-8-19(23)14-17-5-11-21(26)12-6-17/h3-6,9-14H,2,7-8H2,1H3/b18-13-,19-14?,23-22?. The summed E-state index contributed by atoms with van der Waals surface area (Å²) in [7, 11) is 0. The van der Waals surface area contributed by atoms with Crippen LogP contribution >= 0.6 is 31.9 Å². The molecule has 1 saturated carbocycles. The van der Waals surface area contributed by atoms with Crippen LogP contribution in [0.25, 0.3) is 12.2 Å². The zero-order valence-electron chi connectivity index (χ0n) is 15.9. The predicted molar refractivity (Wildman–Crippen MR) is 123 cm³/mol. The predicted octanol–water partition coefficient (Wildman–Crippen LogP) is 6.86. The number of hydrogen-bond donors (Lipinski definition) is 0. The second-order valence-electron chi connectivity index (χ2n) is 6.52. The Morgan fingerprint density at radius 2 is 1.41 bits per heavy atom. The summed E-state index contributed by atoms with van der Waals surface area (Å²) >= 11 is 6.89. The van der Waals surface area contributed by atoms with Gasteiger partial charge in [-0.15, -0.1) is 0 Å². The lowest BCUT2D eigenvalue weighted by molar-refractivity contribution is -0.138. The Labute approximate surface area is 187 Å². The number of allylic oxidation sites excluding steroid dienone is 3. The van der Waals surface area contributed by atoms with Gasteiger partial charge >= 0.3 is 5.97 Å². The first-order valence-electron chi connectivity index (χ1n) is 9.26. The summed E-state index contributed by atoms with van der Waals surface area (Å²) < 4.78 is 7.15. The highest BCUT2D eigenvalue weighted by atomic mass is 79.9. The largest absolute Gasteiger partial charge is 0.462 e. The average molecular weight is 513 g/mol. The molecule has 5 heteroatoms. The molecule has 3 rings (SSSR count). The van der Waals surface area contributed by atoms with E-state index in [1.54, 1.807) is 6.92 Å². The lowest BCUT2D eigenvalue weighted by Gasteiger charge is -2.09. The smallest absolute Gasteiger partial charge is 0.349 e. The van der Waals surface area contributed by atoms with E-state index in [0.29, 0.717) is 5.57 Å². The lowest BCUT2D eigenvalue weighted by Crippen LogP contribution is -2.09. The van der Waals surface area contributed by atoms with Gasteiger partial charge in [-0.25, -0.2) is 4.79 Å². The summed E-state index contributed by atoms with van der Waals surface area (Å²) in [5, 5.41) is 9.75. The number of halogens is 2. The molecular weight excluding hydrogens is 494 g/mol. The zero-order valence-corrected chi connectivity index (χ0v) is 19.1. The topological polar surface area (TPSA) is 50.1 Å². The van der Waals surface area contributed by atoms with E-state index in [0.717, 1.165) is 44.1 Å². The van der Waals surface area contributed by atoms with E-state index in [1.165, 1.54) is 0 Å². The van der Waals surface area contributed by atoms with E-state index < -0.39 is 5.97 Å². The number of hydrogen-bond acceptors (Lipinski definition) is 3. The van der Waals surface area contributed by atoms with Crippen LogP contribution in [0, 0.1) is 11.3 Å². The SMILES string of the molecule is CCOC(=O)C(C#N)=C1C(=Cc2ccc(Br)cc2)CC/C1=C/c1ccc(Br)cc1. The minimum absolute atomic E-state index is 0.0658. The van der Waals surface area contributed by atoms with Gasteiger partial charge in [0.05, 0.1) is 6.61 Å². The van der Waals surface area contributed by atoms with E-state index in [4.69, 9.17) is 4.74 Å². The van der Waals surface area contributed by atoms with E-state index in [2.05, 4.69) is 37.9 Å². The van der Waals surface area contributed by atoms with Crippen LogP contribution in [0.5, 0.6) is 0 Å². The van der Waals surface area contributed by atoms with Crippen LogP contribution < -0.4 is 0 Å². The van der Waals surface area contributed by atoms with Gasteiger partial charge in [0.25, 0.3) is 0 Å². The van der Waals surface area contributed by atoms with Crippen LogP contribution in [-0.4, -0.2) is 12.6 Å². The second kappa shape index (κ2) is 9.87. The Balaban J connectivity index is 2.12. The van der Waals surface area contributed by atoms with Crippen molar-refractivity contribution in [2.24, 2.45) is 0 Å². The third-order valence-corrected chi connectivity index (χ3v) is 5.63. The van der Waals surface area contributed by atoms with Crippen LogP contribution in [0.1, 0.15) is 30.9 Å². The number of ether oxygens (including phenoxy) is 1. The van der Waals surface area contributed by atoms with Gasteiger partial charge in [0, 0.05) is 14.5 Å². The van der Waals surface area contributed by atoms with Crippen LogP contribution in [0.2, 0.25) is 0 Å². The number of rotatable bonds is 4. The molecular formula is C24H19Br2NO2. The van der Waals surface area contributed by atoms with Crippen LogP contribution in [0.15, 0.2) is 79.8 Å². The summed E-state index contributed by atoms with van der Waals surface area (Å²) in [4.78, 5) is 12.5. The molecule has 1 aliphatic rings. The molecule has 3 nitrogen and oxygen atoms in total. The molecule has 29 heavy (non-hydrogen) atoms. The van der Waals surface area contributed by atoms with Crippen molar-refractivity contribution in [2.45, 2.75) is 19.8 Å². The molecule has 0 aromatic heterocycles. The summed E-state index contributed by atoms with van der Waals surface area (Å²) in [6.07, 6.45) is 5.61. The number of carbonyl (C=O) groups is 1. The molecule has 0 radical (unpaired) electrons. The molecule has 2 aromatic carbocycles. The maximum atomic E-state index is 12.5. The number of esters is 1. The van der Waals surface area contributed by atoms with Gasteiger partial charge in [0.15, 0.2) is 0 Å². The lowest BCUT2D eigenvalue weighted by atomic mass is 9.97. The third-order valence-electron chi connectivity index (χ3n) is 4.57. The quantitative estimate of drug-likeness (QED) is 0.255. The summed E-state index contributed by atoms with van der Waals surface area (Å²) in [5.41, 5.74) is 4.74. The maximum Gasteiger partial charge on any atom is 0.349 e. The molecule has 0 unspecified atom stereocenters. The van der Waals surface area contributed by atoms with Crippen LogP contribution in [-0.2, 0) is 9.53 Å². The van der Waals surface area contributed by atoms with Crippen LogP contribution in [0.3, 0.4) is 0 Å². The van der Waals surface area contributed by atoms with Crippen molar-refractivity contribution in [3.8, 4) is 6.07 Å². The van der Waals surface area contributed by atoms with Gasteiger partial charge in [-0.05, 0) is 66.3 Å². The molecule has 0 spiro atoms. The normalized spacial score (nSPS) is 18.0. The van der Waals surface area contributed by atoms with E-state index in [9.17, 15) is 10.1 Å². The average Bonchev–Trinajstić information content (AvgIpc) is 3.08. The number of nitrogens with zero attached hydrogens (tertiary/aromatic N) is 1. The van der Waals surface area contributed by atoms with Crippen molar-refractivity contribution in [2.75, 3.05) is 6.61 Å². The minimum atomic E-state index is -0.574. The molecule has 0 aliphatic heterocycles. The summed E-state index contributed by atoms with van der Waals surface area (Å²) in [6, 6.07) is 18.0. The van der Waals surface area contributed by atoms with Crippen molar-refractivity contribution >= 4 is 50.0 Å². The highest BCUT2D eigenvalue weighted by Crippen LogP contribution is 2.40. The molecule has 0 saturated heterocycles.